The SMILES string of the molecule is Cc1cc(O)cc(C)c1CC(N)C(=O)NC1CCNc2c1cc(Cc1ccccc1)cc2C(C)(C)C. The van der Waals surface area contributed by atoms with Gasteiger partial charge in [-0.2, -0.15) is 0 Å². The first-order valence-corrected chi connectivity index (χ1v) is 12.8. The summed E-state index contributed by atoms with van der Waals surface area (Å²) < 4.78 is 0. The van der Waals surface area contributed by atoms with Crippen LogP contribution in [-0.2, 0) is 23.1 Å². The maximum Gasteiger partial charge on any atom is 0.237 e. The van der Waals surface area contributed by atoms with Crippen molar-refractivity contribution >= 4 is 11.6 Å². The highest BCUT2D eigenvalue weighted by Crippen LogP contribution is 2.40. The fourth-order valence-corrected chi connectivity index (χ4v) is 5.25. The highest BCUT2D eigenvalue weighted by molar-refractivity contribution is 5.83. The molecule has 0 aliphatic carbocycles. The van der Waals surface area contributed by atoms with Gasteiger partial charge in [0.15, 0.2) is 0 Å². The molecular formula is C31H39N3O2. The minimum Gasteiger partial charge on any atom is -0.508 e. The monoisotopic (exact) mass is 485 g/mol. The van der Waals surface area contributed by atoms with Crippen molar-refractivity contribution in [2.75, 3.05) is 11.9 Å². The van der Waals surface area contributed by atoms with Crippen molar-refractivity contribution in [1.29, 1.82) is 0 Å². The minimum atomic E-state index is -0.667. The number of fused-ring (bicyclic) bond motifs is 1. The molecule has 5 nitrogen and oxygen atoms in total. The van der Waals surface area contributed by atoms with Gasteiger partial charge in [-0.1, -0.05) is 63.2 Å². The van der Waals surface area contributed by atoms with E-state index in [0.717, 1.165) is 47.3 Å². The number of carbonyl (C=O) groups is 1. The van der Waals surface area contributed by atoms with Crippen molar-refractivity contribution in [2.45, 2.75) is 71.4 Å². The number of hydrogen-bond donors (Lipinski definition) is 4. The molecule has 2 unspecified atom stereocenters. The van der Waals surface area contributed by atoms with Gasteiger partial charge in [-0.15, -0.1) is 0 Å². The van der Waals surface area contributed by atoms with Crippen LogP contribution in [0.2, 0.25) is 0 Å². The van der Waals surface area contributed by atoms with Gasteiger partial charge in [-0.25, -0.2) is 0 Å². The molecule has 5 N–H and O–H groups in total. The normalized spacial score (nSPS) is 16.1. The number of phenolic OH excluding ortho intramolecular Hbond substituents is 1. The number of hydrogen-bond acceptors (Lipinski definition) is 4. The Morgan fingerprint density at radius 1 is 1.08 bits per heavy atom. The molecule has 3 aromatic carbocycles. The molecule has 0 saturated carbocycles. The minimum absolute atomic E-state index is 0.0417. The van der Waals surface area contributed by atoms with E-state index in [4.69, 9.17) is 5.73 Å². The van der Waals surface area contributed by atoms with Crippen LogP contribution >= 0.6 is 0 Å². The summed E-state index contributed by atoms with van der Waals surface area (Å²) in [5, 5.41) is 16.7. The van der Waals surface area contributed by atoms with Crippen LogP contribution in [0.4, 0.5) is 5.69 Å². The molecule has 1 amide bonds. The fourth-order valence-electron chi connectivity index (χ4n) is 5.25. The number of rotatable bonds is 6. The topological polar surface area (TPSA) is 87.4 Å². The summed E-state index contributed by atoms with van der Waals surface area (Å²) >= 11 is 0. The molecule has 4 rings (SSSR count). The Balaban J connectivity index is 1.60. The first kappa shape index (κ1) is 25.8. The molecular weight excluding hydrogens is 446 g/mol. The average molecular weight is 486 g/mol. The Bertz CT molecular complexity index is 1220. The smallest absolute Gasteiger partial charge is 0.237 e. The van der Waals surface area contributed by atoms with Crippen LogP contribution < -0.4 is 16.4 Å². The lowest BCUT2D eigenvalue weighted by molar-refractivity contribution is -0.123. The molecule has 0 aromatic heterocycles. The van der Waals surface area contributed by atoms with Gasteiger partial charge >= 0.3 is 0 Å². The molecule has 5 heteroatoms. The number of benzene rings is 3. The first-order chi connectivity index (χ1) is 17.0. The Kier molecular flexibility index (Phi) is 7.41. The van der Waals surface area contributed by atoms with E-state index < -0.39 is 6.04 Å². The van der Waals surface area contributed by atoms with Gasteiger partial charge in [-0.05, 0) is 89.6 Å². The molecule has 3 aromatic rings. The molecule has 1 aliphatic rings. The third-order valence-corrected chi connectivity index (χ3v) is 7.16. The number of amides is 1. The van der Waals surface area contributed by atoms with E-state index in [1.165, 1.54) is 16.7 Å². The Morgan fingerprint density at radius 3 is 2.39 bits per heavy atom. The number of nitrogens with one attached hydrogen (secondary N) is 2. The third-order valence-electron chi connectivity index (χ3n) is 7.16. The third kappa shape index (κ3) is 5.73. The first-order valence-electron chi connectivity index (χ1n) is 12.8. The number of nitrogens with two attached hydrogens (primary N) is 1. The Morgan fingerprint density at radius 2 is 1.75 bits per heavy atom. The van der Waals surface area contributed by atoms with Crippen molar-refractivity contribution in [2.24, 2.45) is 5.73 Å². The largest absolute Gasteiger partial charge is 0.508 e. The van der Waals surface area contributed by atoms with Gasteiger partial charge in [0.25, 0.3) is 0 Å². The molecule has 0 radical (unpaired) electrons. The van der Waals surface area contributed by atoms with E-state index in [-0.39, 0.29) is 23.1 Å². The molecule has 0 saturated heterocycles. The molecule has 0 bridgehead atoms. The highest BCUT2D eigenvalue weighted by Gasteiger charge is 2.30. The molecule has 1 aliphatic heterocycles. The van der Waals surface area contributed by atoms with Crippen molar-refractivity contribution < 1.29 is 9.90 Å². The standard InChI is InChI=1S/C31H39N3O2/c1-19-13-23(35)14-20(2)24(19)18-27(32)30(36)34-28-11-12-33-29-25(28)16-22(17-26(29)31(3,4)5)15-21-9-7-6-8-10-21/h6-10,13-14,16-17,27-28,33,35H,11-12,15,18,32H2,1-5H3,(H,34,36). The van der Waals surface area contributed by atoms with Crippen molar-refractivity contribution in [3.63, 3.8) is 0 Å². The number of aromatic hydroxyl groups is 1. The maximum absolute atomic E-state index is 13.3. The Labute approximate surface area is 215 Å². The number of anilines is 1. The Hall–Kier alpha value is -3.31. The van der Waals surface area contributed by atoms with Crippen LogP contribution in [0.15, 0.2) is 54.6 Å². The zero-order valence-electron chi connectivity index (χ0n) is 22.1. The molecule has 1 heterocycles. The number of aryl methyl sites for hydroxylation is 2. The number of phenols is 1. The lowest BCUT2D eigenvalue weighted by atomic mass is 9.80. The fraction of sp³-hybridized carbons (Fsp3) is 0.387. The summed E-state index contributed by atoms with van der Waals surface area (Å²) in [5.74, 6) is 0.0875. The van der Waals surface area contributed by atoms with Crippen LogP contribution in [0, 0.1) is 13.8 Å². The highest BCUT2D eigenvalue weighted by atomic mass is 16.3. The van der Waals surface area contributed by atoms with E-state index in [9.17, 15) is 9.90 Å². The predicted octanol–water partition coefficient (Wildman–Crippen LogP) is 5.44. The van der Waals surface area contributed by atoms with Gasteiger partial charge in [0.2, 0.25) is 5.91 Å². The van der Waals surface area contributed by atoms with E-state index in [0.29, 0.717) is 6.42 Å². The van der Waals surface area contributed by atoms with Gasteiger partial charge in [0.1, 0.15) is 5.75 Å². The van der Waals surface area contributed by atoms with Crippen molar-refractivity contribution in [1.82, 2.24) is 5.32 Å². The second-order valence-electron chi connectivity index (χ2n) is 11.2. The van der Waals surface area contributed by atoms with Crippen LogP contribution in [0.3, 0.4) is 0 Å². The number of carbonyl (C=O) groups excluding carboxylic acids is 1. The summed E-state index contributed by atoms with van der Waals surface area (Å²) in [6, 6.07) is 17.7. The summed E-state index contributed by atoms with van der Waals surface area (Å²) in [5.41, 5.74) is 15.3. The van der Waals surface area contributed by atoms with E-state index in [1.807, 2.05) is 19.9 Å². The quantitative estimate of drug-likeness (QED) is 0.374. The van der Waals surface area contributed by atoms with Gasteiger partial charge in [0.05, 0.1) is 12.1 Å². The summed E-state index contributed by atoms with van der Waals surface area (Å²) in [6.45, 7) is 11.4. The van der Waals surface area contributed by atoms with E-state index in [1.54, 1.807) is 12.1 Å². The zero-order valence-corrected chi connectivity index (χ0v) is 22.1. The lowest BCUT2D eigenvalue weighted by Gasteiger charge is -2.34. The van der Waals surface area contributed by atoms with Gasteiger partial charge < -0.3 is 21.5 Å². The second kappa shape index (κ2) is 10.4. The van der Waals surface area contributed by atoms with Crippen LogP contribution in [0.25, 0.3) is 0 Å². The molecule has 190 valence electrons. The maximum atomic E-state index is 13.3. The lowest BCUT2D eigenvalue weighted by Crippen LogP contribution is -2.45. The molecule has 0 fully saturated rings. The molecule has 0 spiro atoms. The predicted molar refractivity (Wildman–Crippen MR) is 148 cm³/mol. The second-order valence-corrected chi connectivity index (χ2v) is 11.2. The van der Waals surface area contributed by atoms with E-state index in [2.05, 4.69) is 67.8 Å². The summed E-state index contributed by atoms with van der Waals surface area (Å²) in [4.78, 5) is 13.3. The summed E-state index contributed by atoms with van der Waals surface area (Å²) in [6.07, 6.45) is 2.08. The molecule has 36 heavy (non-hydrogen) atoms. The molecule has 2 atom stereocenters. The summed E-state index contributed by atoms with van der Waals surface area (Å²) in [7, 11) is 0. The average Bonchev–Trinajstić information content (AvgIpc) is 2.81. The van der Waals surface area contributed by atoms with Crippen molar-refractivity contribution in [3.8, 4) is 5.75 Å². The van der Waals surface area contributed by atoms with Crippen LogP contribution in [-0.4, -0.2) is 23.6 Å². The van der Waals surface area contributed by atoms with Crippen molar-refractivity contribution in [3.05, 3.63) is 93.5 Å². The van der Waals surface area contributed by atoms with Gasteiger partial charge in [-0.3, -0.25) is 4.79 Å². The zero-order chi connectivity index (χ0) is 26.0. The van der Waals surface area contributed by atoms with Gasteiger partial charge in [0, 0.05) is 12.2 Å². The van der Waals surface area contributed by atoms with E-state index >= 15 is 0 Å². The van der Waals surface area contributed by atoms with Crippen LogP contribution in [0.1, 0.15) is 72.2 Å². The van der Waals surface area contributed by atoms with Crippen LogP contribution in [0.5, 0.6) is 5.75 Å².